The Morgan fingerprint density at radius 1 is 0.800 bits per heavy atom. The molecule has 35 heavy (non-hydrogen) atoms. The first-order valence-corrected chi connectivity index (χ1v) is 10.9. The van der Waals surface area contributed by atoms with E-state index < -0.39 is 71.1 Å². The first-order chi connectivity index (χ1) is 16.5. The maximum absolute atomic E-state index is 13.0. The number of amides is 4. The summed E-state index contributed by atoms with van der Waals surface area (Å²) in [6.45, 7) is 1.23. The number of hydrogen-bond acceptors (Lipinski definition) is 8. The van der Waals surface area contributed by atoms with E-state index in [9.17, 15) is 38.7 Å². The highest BCUT2D eigenvalue weighted by molar-refractivity contribution is 6.31. The smallest absolute Gasteiger partial charge is 0.334 e. The average molecular weight is 494 g/mol. The lowest BCUT2D eigenvalue weighted by Crippen LogP contribution is -2.57. The highest BCUT2D eigenvalue weighted by Gasteiger charge is 2.42. The van der Waals surface area contributed by atoms with E-state index in [1.54, 1.807) is 13.8 Å². The van der Waals surface area contributed by atoms with Crippen LogP contribution in [0.25, 0.3) is 6.08 Å². The molecule has 0 unspecified atom stereocenters. The van der Waals surface area contributed by atoms with Gasteiger partial charge in [0.2, 0.25) is 5.88 Å². The number of aromatic hydroxyl groups is 1. The summed E-state index contributed by atoms with van der Waals surface area (Å²) in [6, 6.07) is -1.14. The number of carbonyl (C=O) groups is 5. The second-order valence-corrected chi connectivity index (χ2v) is 7.75. The standard InChI is InChI=1S/C21H26N4O10/c1-3-5-7-22-16(30)12(18(32)24(20(22)34)10-14(26)27)9-13-17(31)23(8-6-4-2)21(35)25(19(13)33)11-15(28)29/h9,30H,3-8,10-11H2,1-2H3,(H,26,27)(H,28,29). The number of nitrogens with zero attached hydrogens (tertiary/aromatic N) is 4. The van der Waals surface area contributed by atoms with E-state index in [-0.39, 0.29) is 13.1 Å². The largest absolute Gasteiger partial charge is 0.494 e. The Balaban J connectivity index is 2.79. The number of aromatic nitrogens is 2. The number of barbiturate groups is 1. The molecule has 1 fully saturated rings. The SMILES string of the molecule is CCCCN1C(=O)C(=Cc2c(O)n(CCCC)c(=O)n(CC(=O)O)c2=O)C(=O)N(CC(=O)O)C1=O. The van der Waals surface area contributed by atoms with Gasteiger partial charge in [-0.05, 0) is 18.9 Å². The summed E-state index contributed by atoms with van der Waals surface area (Å²) in [7, 11) is 0. The first-order valence-electron chi connectivity index (χ1n) is 10.9. The lowest BCUT2D eigenvalue weighted by atomic mass is 10.1. The van der Waals surface area contributed by atoms with Crippen molar-refractivity contribution in [3.63, 3.8) is 0 Å². The van der Waals surface area contributed by atoms with E-state index in [0.29, 0.717) is 46.1 Å². The van der Waals surface area contributed by atoms with E-state index >= 15 is 0 Å². The number of imide groups is 2. The number of carboxylic acid groups (broad SMARTS) is 2. The Morgan fingerprint density at radius 3 is 1.89 bits per heavy atom. The fourth-order valence-electron chi connectivity index (χ4n) is 3.39. The molecule has 1 aliphatic heterocycles. The topological polar surface area (TPSA) is 197 Å². The maximum atomic E-state index is 13.0. The summed E-state index contributed by atoms with van der Waals surface area (Å²) in [5, 5.41) is 28.9. The molecule has 0 saturated carbocycles. The number of rotatable bonds is 11. The van der Waals surface area contributed by atoms with Crippen LogP contribution in [-0.4, -0.2) is 77.1 Å². The highest BCUT2D eigenvalue weighted by atomic mass is 16.4. The zero-order valence-corrected chi connectivity index (χ0v) is 19.2. The summed E-state index contributed by atoms with van der Waals surface area (Å²) in [5.74, 6) is -6.39. The fraction of sp³-hybridized carbons (Fsp3) is 0.476. The van der Waals surface area contributed by atoms with Crippen LogP contribution in [0, 0.1) is 0 Å². The van der Waals surface area contributed by atoms with Crippen LogP contribution in [0.4, 0.5) is 4.79 Å². The zero-order valence-electron chi connectivity index (χ0n) is 19.2. The van der Waals surface area contributed by atoms with Crippen LogP contribution in [0.1, 0.15) is 45.1 Å². The van der Waals surface area contributed by atoms with E-state index in [1.165, 1.54) is 0 Å². The van der Waals surface area contributed by atoms with Gasteiger partial charge in [-0.3, -0.25) is 33.4 Å². The monoisotopic (exact) mass is 494 g/mol. The Bertz CT molecular complexity index is 1210. The summed E-state index contributed by atoms with van der Waals surface area (Å²) < 4.78 is 1.07. The molecule has 1 saturated heterocycles. The molecule has 190 valence electrons. The van der Waals surface area contributed by atoms with Crippen LogP contribution in [0.5, 0.6) is 5.88 Å². The predicted octanol–water partition coefficient (Wildman–Crippen LogP) is -0.341. The molecule has 0 atom stereocenters. The fourth-order valence-corrected chi connectivity index (χ4v) is 3.39. The van der Waals surface area contributed by atoms with E-state index in [1.807, 2.05) is 0 Å². The van der Waals surface area contributed by atoms with Crippen molar-refractivity contribution in [1.29, 1.82) is 0 Å². The minimum Gasteiger partial charge on any atom is -0.494 e. The summed E-state index contributed by atoms with van der Waals surface area (Å²) in [4.78, 5) is 87.4. The van der Waals surface area contributed by atoms with Crippen molar-refractivity contribution in [2.75, 3.05) is 13.1 Å². The third kappa shape index (κ3) is 5.65. The predicted molar refractivity (Wildman–Crippen MR) is 119 cm³/mol. The molecule has 2 rings (SSSR count). The highest BCUT2D eigenvalue weighted by Crippen LogP contribution is 2.23. The van der Waals surface area contributed by atoms with Gasteiger partial charge in [0.05, 0.1) is 0 Å². The van der Waals surface area contributed by atoms with Gasteiger partial charge in [0, 0.05) is 13.1 Å². The van der Waals surface area contributed by atoms with Crippen LogP contribution in [0.15, 0.2) is 15.2 Å². The van der Waals surface area contributed by atoms with E-state index in [2.05, 4.69) is 0 Å². The lowest BCUT2D eigenvalue weighted by molar-refractivity contribution is -0.144. The molecule has 2 heterocycles. The number of carboxylic acids is 2. The zero-order chi connectivity index (χ0) is 26.4. The molecule has 1 aliphatic rings. The number of hydrogen-bond donors (Lipinski definition) is 3. The molecule has 0 aromatic carbocycles. The molecule has 14 nitrogen and oxygen atoms in total. The van der Waals surface area contributed by atoms with Crippen molar-refractivity contribution >= 4 is 35.9 Å². The van der Waals surface area contributed by atoms with Crippen molar-refractivity contribution in [3.8, 4) is 5.88 Å². The van der Waals surface area contributed by atoms with Crippen molar-refractivity contribution in [1.82, 2.24) is 18.9 Å². The summed E-state index contributed by atoms with van der Waals surface area (Å²) in [6.07, 6.45) is 2.52. The van der Waals surface area contributed by atoms with Gasteiger partial charge in [0.15, 0.2) is 0 Å². The van der Waals surface area contributed by atoms with Crippen molar-refractivity contribution in [2.45, 2.75) is 52.6 Å². The second-order valence-electron chi connectivity index (χ2n) is 7.75. The minimum absolute atomic E-state index is 0.0919. The van der Waals surface area contributed by atoms with Gasteiger partial charge in [0.25, 0.3) is 17.4 Å². The quantitative estimate of drug-likeness (QED) is 0.270. The molecule has 4 amide bonds. The molecule has 3 N–H and O–H groups in total. The molecular weight excluding hydrogens is 468 g/mol. The average Bonchev–Trinajstić information content (AvgIpc) is 2.79. The Morgan fingerprint density at radius 2 is 1.34 bits per heavy atom. The molecule has 0 spiro atoms. The van der Waals surface area contributed by atoms with Gasteiger partial charge in [0.1, 0.15) is 24.2 Å². The molecule has 0 aliphatic carbocycles. The van der Waals surface area contributed by atoms with Gasteiger partial charge < -0.3 is 15.3 Å². The van der Waals surface area contributed by atoms with E-state index in [0.717, 1.165) is 4.57 Å². The van der Waals surface area contributed by atoms with Crippen molar-refractivity contribution in [3.05, 3.63) is 32.0 Å². The van der Waals surface area contributed by atoms with Gasteiger partial charge in [-0.1, -0.05) is 26.7 Å². The van der Waals surface area contributed by atoms with Crippen LogP contribution >= 0.6 is 0 Å². The van der Waals surface area contributed by atoms with Gasteiger partial charge >= 0.3 is 23.7 Å². The number of aliphatic carboxylic acids is 2. The Kier molecular flexibility index (Phi) is 8.70. The number of urea groups is 1. The minimum atomic E-state index is -1.53. The normalized spacial score (nSPS) is 15.3. The number of carbonyl (C=O) groups excluding carboxylic acids is 3. The molecule has 0 bridgehead atoms. The van der Waals surface area contributed by atoms with Gasteiger partial charge in [-0.2, -0.15) is 0 Å². The molecule has 14 heteroatoms. The second kappa shape index (κ2) is 11.3. The Hall–Kier alpha value is -4.23. The number of unbranched alkanes of at least 4 members (excludes halogenated alkanes) is 2. The van der Waals surface area contributed by atoms with Crippen LogP contribution in [0.3, 0.4) is 0 Å². The summed E-state index contributed by atoms with van der Waals surface area (Å²) in [5.41, 5.74) is -3.90. The van der Waals surface area contributed by atoms with Crippen molar-refractivity contribution < 1.29 is 39.3 Å². The van der Waals surface area contributed by atoms with E-state index in [4.69, 9.17) is 10.2 Å². The lowest BCUT2D eigenvalue weighted by Gasteiger charge is -2.33. The Labute approximate surface area is 198 Å². The summed E-state index contributed by atoms with van der Waals surface area (Å²) >= 11 is 0. The van der Waals surface area contributed by atoms with Crippen LogP contribution in [-0.2, 0) is 32.3 Å². The van der Waals surface area contributed by atoms with Gasteiger partial charge in [-0.25, -0.2) is 19.1 Å². The third-order valence-electron chi connectivity index (χ3n) is 5.19. The molecular formula is C21H26N4O10. The van der Waals surface area contributed by atoms with Crippen molar-refractivity contribution in [2.24, 2.45) is 0 Å². The van der Waals surface area contributed by atoms with Gasteiger partial charge in [-0.15, -0.1) is 0 Å². The third-order valence-corrected chi connectivity index (χ3v) is 5.19. The molecule has 1 aromatic rings. The van der Waals surface area contributed by atoms with Crippen LogP contribution < -0.4 is 11.2 Å². The van der Waals surface area contributed by atoms with Crippen LogP contribution in [0.2, 0.25) is 0 Å². The molecule has 1 aromatic heterocycles. The first kappa shape index (κ1) is 27.0. The molecule has 0 radical (unpaired) electrons. The maximum Gasteiger partial charge on any atom is 0.334 e.